The predicted molar refractivity (Wildman–Crippen MR) is 79.3 cm³/mol. The molecule has 0 saturated carbocycles. The van der Waals surface area contributed by atoms with Gasteiger partial charge in [-0.1, -0.05) is 6.42 Å². The Bertz CT molecular complexity index is 499. The monoisotopic (exact) mass is 312 g/mol. The number of aliphatic hydroxyl groups excluding tert-OH is 1. The lowest BCUT2D eigenvalue weighted by Gasteiger charge is -2.33. The van der Waals surface area contributed by atoms with Crippen LogP contribution < -0.4 is 10.6 Å². The van der Waals surface area contributed by atoms with Crippen LogP contribution in [0.1, 0.15) is 31.7 Å². The number of amides is 1. The van der Waals surface area contributed by atoms with Crippen LogP contribution in [0.2, 0.25) is 0 Å². The number of benzene rings is 1. The molecule has 0 aliphatic carbocycles. The molecule has 0 aromatic heterocycles. The van der Waals surface area contributed by atoms with Gasteiger partial charge in [0.1, 0.15) is 11.6 Å². The summed E-state index contributed by atoms with van der Waals surface area (Å²) in [4.78, 5) is 11.4. The average molecular weight is 312 g/mol. The van der Waals surface area contributed by atoms with Gasteiger partial charge in [0.15, 0.2) is 0 Å². The minimum atomic E-state index is -0.810. The molecule has 0 radical (unpaired) electrons. The molecule has 6 heteroatoms. The summed E-state index contributed by atoms with van der Waals surface area (Å²) in [5.41, 5.74) is 0.408. The molecule has 3 N–H and O–H groups in total. The van der Waals surface area contributed by atoms with Crippen molar-refractivity contribution in [2.24, 2.45) is 0 Å². The first-order valence-corrected chi connectivity index (χ1v) is 7.59. The Kier molecular flexibility index (Phi) is 5.85. The zero-order valence-corrected chi connectivity index (χ0v) is 12.6. The normalized spacial score (nSPS) is 21.2. The van der Waals surface area contributed by atoms with Gasteiger partial charge in [0.25, 0.3) is 0 Å². The van der Waals surface area contributed by atoms with Crippen molar-refractivity contribution in [2.75, 3.05) is 6.54 Å². The minimum absolute atomic E-state index is 0.121. The Morgan fingerprint density at radius 1 is 1.36 bits per heavy atom. The molecule has 1 fully saturated rings. The van der Waals surface area contributed by atoms with Gasteiger partial charge in [-0.15, -0.1) is 0 Å². The van der Waals surface area contributed by atoms with E-state index in [1.807, 2.05) is 0 Å². The lowest BCUT2D eigenvalue weighted by molar-refractivity contribution is -0.120. The summed E-state index contributed by atoms with van der Waals surface area (Å²) >= 11 is 0. The zero-order valence-electron chi connectivity index (χ0n) is 12.6. The Morgan fingerprint density at radius 2 is 2.05 bits per heavy atom. The summed E-state index contributed by atoms with van der Waals surface area (Å²) < 4.78 is 26.6. The fourth-order valence-corrected chi connectivity index (χ4v) is 2.95. The number of halogens is 2. The second-order valence-corrected chi connectivity index (χ2v) is 5.84. The molecule has 1 aromatic rings. The lowest BCUT2D eigenvalue weighted by Crippen LogP contribution is -2.54. The van der Waals surface area contributed by atoms with Crippen molar-refractivity contribution in [1.29, 1.82) is 0 Å². The van der Waals surface area contributed by atoms with Gasteiger partial charge in [0, 0.05) is 19.0 Å². The third-order valence-electron chi connectivity index (χ3n) is 3.94. The highest BCUT2D eigenvalue weighted by Gasteiger charge is 2.29. The first kappa shape index (κ1) is 16.8. The van der Waals surface area contributed by atoms with Crippen LogP contribution in [0, 0.1) is 11.6 Å². The predicted octanol–water partition coefficient (Wildman–Crippen LogP) is 1.51. The van der Waals surface area contributed by atoms with Crippen LogP contribution in [0.5, 0.6) is 0 Å². The molecule has 1 heterocycles. The molecule has 1 saturated heterocycles. The quantitative estimate of drug-likeness (QED) is 0.772. The van der Waals surface area contributed by atoms with Gasteiger partial charge in [-0.2, -0.15) is 0 Å². The number of hydrogen-bond acceptors (Lipinski definition) is 3. The molecule has 1 aromatic carbocycles. The number of aliphatic hydroxyl groups is 1. The van der Waals surface area contributed by atoms with Gasteiger partial charge < -0.3 is 15.7 Å². The van der Waals surface area contributed by atoms with E-state index in [-0.39, 0.29) is 18.4 Å². The van der Waals surface area contributed by atoms with E-state index < -0.39 is 23.8 Å². The summed E-state index contributed by atoms with van der Waals surface area (Å²) in [5, 5.41) is 16.4. The summed E-state index contributed by atoms with van der Waals surface area (Å²) in [6, 6.07) is 2.53. The number of rotatable bonds is 5. The lowest BCUT2D eigenvalue weighted by atomic mass is 9.91. The third-order valence-corrected chi connectivity index (χ3v) is 3.94. The first-order valence-electron chi connectivity index (χ1n) is 7.59. The molecule has 122 valence electrons. The van der Waals surface area contributed by atoms with Crippen LogP contribution >= 0.6 is 0 Å². The zero-order chi connectivity index (χ0) is 16.1. The molecule has 0 unspecified atom stereocenters. The van der Waals surface area contributed by atoms with E-state index in [1.54, 1.807) is 0 Å². The number of carbonyl (C=O) groups is 1. The van der Waals surface area contributed by atoms with Crippen LogP contribution in [0.25, 0.3) is 0 Å². The van der Waals surface area contributed by atoms with Gasteiger partial charge in [0.2, 0.25) is 5.91 Å². The molecule has 2 rings (SSSR count). The molecule has 1 aliphatic heterocycles. The van der Waals surface area contributed by atoms with Crippen LogP contribution in [-0.4, -0.2) is 35.7 Å². The number of carbonyl (C=O) groups excluding carboxylic acids is 1. The molecule has 1 amide bonds. The van der Waals surface area contributed by atoms with E-state index in [4.69, 9.17) is 0 Å². The van der Waals surface area contributed by atoms with Crippen LogP contribution in [0.4, 0.5) is 8.78 Å². The standard InChI is InChI=1S/C16H22F2N2O2/c1-10(21)20-15(16(22)14-4-2-3-5-19-14)8-11-6-12(17)9-13(18)7-11/h6-7,9,14-16,19,22H,2-5,8H2,1H3,(H,20,21)/t14-,15+,16-/m1/s1. The fourth-order valence-electron chi connectivity index (χ4n) is 2.95. The fraction of sp³-hybridized carbons (Fsp3) is 0.562. The van der Waals surface area contributed by atoms with Crippen LogP contribution in [-0.2, 0) is 11.2 Å². The highest BCUT2D eigenvalue weighted by atomic mass is 19.1. The number of hydrogen-bond donors (Lipinski definition) is 3. The highest BCUT2D eigenvalue weighted by molar-refractivity contribution is 5.73. The van der Waals surface area contributed by atoms with E-state index >= 15 is 0 Å². The van der Waals surface area contributed by atoms with Gasteiger partial charge in [-0.25, -0.2) is 8.78 Å². The molecular formula is C16H22F2N2O2. The smallest absolute Gasteiger partial charge is 0.217 e. The molecule has 22 heavy (non-hydrogen) atoms. The van der Waals surface area contributed by atoms with Crippen LogP contribution in [0.15, 0.2) is 18.2 Å². The number of nitrogens with one attached hydrogen (secondary N) is 2. The summed E-state index contributed by atoms with van der Waals surface area (Å²) in [5.74, 6) is -1.61. The molecule has 3 atom stereocenters. The maximum absolute atomic E-state index is 13.3. The molecule has 1 aliphatic rings. The van der Waals surface area contributed by atoms with Crippen molar-refractivity contribution in [1.82, 2.24) is 10.6 Å². The molecule has 4 nitrogen and oxygen atoms in total. The third kappa shape index (κ3) is 4.74. The summed E-state index contributed by atoms with van der Waals surface area (Å²) in [6.45, 7) is 2.18. The summed E-state index contributed by atoms with van der Waals surface area (Å²) in [7, 11) is 0. The number of piperidine rings is 1. The van der Waals surface area contributed by atoms with Crippen molar-refractivity contribution >= 4 is 5.91 Å². The van der Waals surface area contributed by atoms with Crippen molar-refractivity contribution in [3.63, 3.8) is 0 Å². The molecular weight excluding hydrogens is 290 g/mol. The van der Waals surface area contributed by atoms with Crippen molar-refractivity contribution < 1.29 is 18.7 Å². The Morgan fingerprint density at radius 3 is 2.59 bits per heavy atom. The van der Waals surface area contributed by atoms with Crippen LogP contribution in [0.3, 0.4) is 0 Å². The molecule has 0 spiro atoms. The summed E-state index contributed by atoms with van der Waals surface area (Å²) in [6.07, 6.45) is 2.25. The van der Waals surface area contributed by atoms with E-state index in [9.17, 15) is 18.7 Å². The second kappa shape index (κ2) is 7.65. The van der Waals surface area contributed by atoms with Crippen molar-refractivity contribution in [2.45, 2.75) is 50.8 Å². The van der Waals surface area contributed by atoms with Crippen molar-refractivity contribution in [3.8, 4) is 0 Å². The second-order valence-electron chi connectivity index (χ2n) is 5.84. The van der Waals surface area contributed by atoms with E-state index in [1.165, 1.54) is 19.1 Å². The maximum Gasteiger partial charge on any atom is 0.217 e. The Labute approximate surface area is 128 Å². The van der Waals surface area contributed by atoms with Gasteiger partial charge >= 0.3 is 0 Å². The minimum Gasteiger partial charge on any atom is -0.389 e. The molecule has 0 bridgehead atoms. The SMILES string of the molecule is CC(=O)N[C@@H](Cc1cc(F)cc(F)c1)[C@H](O)[C@H]1CCCCN1. The Hall–Kier alpha value is -1.53. The largest absolute Gasteiger partial charge is 0.389 e. The van der Waals surface area contributed by atoms with Gasteiger partial charge in [-0.05, 0) is 43.5 Å². The average Bonchev–Trinajstić information content (AvgIpc) is 2.45. The maximum atomic E-state index is 13.3. The Balaban J connectivity index is 2.12. The van der Waals surface area contributed by atoms with E-state index in [0.717, 1.165) is 31.9 Å². The highest BCUT2D eigenvalue weighted by Crippen LogP contribution is 2.17. The topological polar surface area (TPSA) is 61.4 Å². The van der Waals surface area contributed by atoms with E-state index in [2.05, 4.69) is 10.6 Å². The van der Waals surface area contributed by atoms with Gasteiger partial charge in [0.05, 0.1) is 12.1 Å². The first-order chi connectivity index (χ1) is 10.5. The van der Waals surface area contributed by atoms with Crippen molar-refractivity contribution in [3.05, 3.63) is 35.4 Å². The van der Waals surface area contributed by atoms with Gasteiger partial charge in [-0.3, -0.25) is 4.79 Å². The van der Waals surface area contributed by atoms with E-state index in [0.29, 0.717) is 5.56 Å².